The summed E-state index contributed by atoms with van der Waals surface area (Å²) in [5.41, 5.74) is 2.80. The highest BCUT2D eigenvalue weighted by atomic mass is 35.5. The average Bonchev–Trinajstić information content (AvgIpc) is 3.37. The van der Waals surface area contributed by atoms with Gasteiger partial charge in [0.15, 0.2) is 5.13 Å². The normalized spacial score (nSPS) is 15.8. The molecular weight excluding hydrogens is 530 g/mol. The first kappa shape index (κ1) is 23.9. The van der Waals surface area contributed by atoms with Crippen LogP contribution in [-0.2, 0) is 0 Å². The summed E-state index contributed by atoms with van der Waals surface area (Å²) >= 11 is 32.7. The first-order chi connectivity index (χ1) is 15.5. The van der Waals surface area contributed by atoms with E-state index in [1.54, 1.807) is 6.07 Å². The van der Waals surface area contributed by atoms with Gasteiger partial charge in [0, 0.05) is 41.3 Å². The van der Waals surface area contributed by atoms with Gasteiger partial charge < -0.3 is 4.90 Å². The zero-order valence-electron chi connectivity index (χ0n) is 16.8. The second-order valence-electron chi connectivity index (χ2n) is 7.12. The lowest BCUT2D eigenvalue weighted by molar-refractivity contribution is 0.720. The summed E-state index contributed by atoms with van der Waals surface area (Å²) < 4.78 is 0. The van der Waals surface area contributed by atoms with E-state index in [0.29, 0.717) is 46.5 Å². The van der Waals surface area contributed by atoms with Gasteiger partial charge in [0.2, 0.25) is 0 Å². The molecule has 1 unspecified atom stereocenters. The van der Waals surface area contributed by atoms with E-state index in [2.05, 4.69) is 9.88 Å². The van der Waals surface area contributed by atoms with Crippen LogP contribution < -0.4 is 9.91 Å². The first-order valence-electron chi connectivity index (χ1n) is 9.91. The van der Waals surface area contributed by atoms with Crippen molar-refractivity contribution in [3.05, 3.63) is 74.2 Å². The van der Waals surface area contributed by atoms with Crippen molar-refractivity contribution in [1.82, 2.24) is 4.98 Å². The van der Waals surface area contributed by atoms with Gasteiger partial charge >= 0.3 is 0 Å². The summed E-state index contributed by atoms with van der Waals surface area (Å²) in [6.45, 7) is 1.28. The number of aromatic nitrogens is 1. The molecular formula is C22H19Cl5N4S. The van der Waals surface area contributed by atoms with Gasteiger partial charge in [-0.3, -0.25) is 5.01 Å². The predicted molar refractivity (Wildman–Crippen MR) is 140 cm³/mol. The van der Waals surface area contributed by atoms with Crippen molar-refractivity contribution in [2.75, 3.05) is 34.8 Å². The summed E-state index contributed by atoms with van der Waals surface area (Å²) in [5, 5.41) is 9.19. The van der Waals surface area contributed by atoms with Gasteiger partial charge in [-0.15, -0.1) is 23.2 Å². The molecule has 0 spiro atoms. The number of alkyl halides is 2. The Morgan fingerprint density at radius 3 is 2.25 bits per heavy atom. The molecule has 1 atom stereocenters. The highest BCUT2D eigenvalue weighted by molar-refractivity contribution is 7.16. The van der Waals surface area contributed by atoms with Crippen LogP contribution in [-0.4, -0.2) is 35.5 Å². The molecule has 0 saturated heterocycles. The summed E-state index contributed by atoms with van der Waals surface area (Å²) in [6.07, 6.45) is 0.667. The maximum absolute atomic E-state index is 6.66. The molecule has 168 valence electrons. The third-order valence-corrected chi connectivity index (χ3v) is 7.40. The number of rotatable bonds is 8. The molecule has 0 radical (unpaired) electrons. The van der Waals surface area contributed by atoms with Crippen molar-refractivity contribution < 1.29 is 0 Å². The summed E-state index contributed by atoms with van der Waals surface area (Å²) in [7, 11) is 0. The summed E-state index contributed by atoms with van der Waals surface area (Å²) in [4.78, 5) is 7.58. The molecule has 3 aromatic rings. The van der Waals surface area contributed by atoms with Gasteiger partial charge in [-0.25, -0.2) is 4.98 Å². The molecule has 0 fully saturated rings. The van der Waals surface area contributed by atoms with E-state index in [1.807, 2.05) is 47.5 Å². The van der Waals surface area contributed by atoms with Crippen LogP contribution in [0.3, 0.4) is 0 Å². The minimum absolute atomic E-state index is 0.146. The fourth-order valence-electron chi connectivity index (χ4n) is 3.58. The molecule has 0 saturated carbocycles. The quantitative estimate of drug-likeness (QED) is 0.270. The Morgan fingerprint density at radius 1 is 0.969 bits per heavy atom. The van der Waals surface area contributed by atoms with Crippen molar-refractivity contribution in [1.29, 1.82) is 0 Å². The van der Waals surface area contributed by atoms with Crippen LogP contribution in [0.15, 0.2) is 53.6 Å². The van der Waals surface area contributed by atoms with E-state index >= 15 is 0 Å². The third kappa shape index (κ3) is 5.30. The average molecular weight is 549 g/mol. The van der Waals surface area contributed by atoms with Crippen LogP contribution >= 0.6 is 69.3 Å². The molecule has 10 heteroatoms. The first-order valence-corrected chi connectivity index (χ1v) is 12.9. The fraction of sp³-hybridized carbons (Fsp3) is 0.273. The number of thiazole rings is 1. The molecule has 0 bridgehead atoms. The Balaban J connectivity index is 1.75. The molecule has 2 aromatic carbocycles. The van der Waals surface area contributed by atoms with E-state index in [9.17, 15) is 0 Å². The largest absolute Gasteiger partial charge is 0.346 e. The lowest BCUT2D eigenvalue weighted by Crippen LogP contribution is -2.27. The minimum atomic E-state index is -0.146. The van der Waals surface area contributed by atoms with Gasteiger partial charge in [0.1, 0.15) is 5.15 Å². The number of hydrazone groups is 1. The molecule has 4 nitrogen and oxygen atoms in total. The molecule has 2 heterocycles. The van der Waals surface area contributed by atoms with Crippen molar-refractivity contribution >= 4 is 85.9 Å². The zero-order valence-corrected chi connectivity index (χ0v) is 21.4. The Morgan fingerprint density at radius 2 is 1.62 bits per heavy atom. The molecule has 0 N–H and O–H groups in total. The van der Waals surface area contributed by atoms with Crippen LogP contribution in [0.5, 0.6) is 0 Å². The van der Waals surface area contributed by atoms with Crippen molar-refractivity contribution in [3.8, 4) is 0 Å². The standard InChI is InChI=1S/C22H19Cl5N4S/c23-6-8-30(9-7-24)22-28-21(27)20(32-22)19-13-18(14-4-2-1-3-5-14)29-31(19)17-11-15(25)10-16(26)12-17/h1-5,10-12,19H,6-9,13H2. The number of hydrogen-bond donors (Lipinski definition) is 0. The minimum Gasteiger partial charge on any atom is -0.346 e. The second-order valence-corrected chi connectivity index (χ2v) is 10.1. The smallest absolute Gasteiger partial charge is 0.187 e. The monoisotopic (exact) mass is 546 g/mol. The highest BCUT2D eigenvalue weighted by Crippen LogP contribution is 2.44. The SMILES string of the molecule is ClCCN(CCCl)c1nc(Cl)c(C2CC(c3ccccc3)=NN2c2cc(Cl)cc(Cl)c2)s1. The number of hydrogen-bond acceptors (Lipinski definition) is 5. The van der Waals surface area contributed by atoms with E-state index in [1.165, 1.54) is 11.3 Å². The summed E-state index contributed by atoms with van der Waals surface area (Å²) in [6, 6.07) is 15.3. The van der Waals surface area contributed by atoms with E-state index in [0.717, 1.165) is 27.0 Å². The fourth-order valence-corrected chi connectivity index (χ4v) is 5.97. The van der Waals surface area contributed by atoms with Crippen molar-refractivity contribution in [3.63, 3.8) is 0 Å². The number of nitrogens with zero attached hydrogens (tertiary/aromatic N) is 4. The lowest BCUT2D eigenvalue weighted by atomic mass is 10.0. The maximum atomic E-state index is 6.66. The second kappa shape index (κ2) is 10.8. The Kier molecular flexibility index (Phi) is 8.09. The van der Waals surface area contributed by atoms with Crippen LogP contribution in [0, 0.1) is 0 Å². The van der Waals surface area contributed by atoms with Crippen molar-refractivity contribution in [2.45, 2.75) is 12.5 Å². The van der Waals surface area contributed by atoms with E-state index < -0.39 is 0 Å². The summed E-state index contributed by atoms with van der Waals surface area (Å²) in [5.74, 6) is 0.947. The zero-order chi connectivity index (χ0) is 22.7. The number of benzene rings is 2. The van der Waals surface area contributed by atoms with Crippen molar-refractivity contribution in [2.24, 2.45) is 5.10 Å². The molecule has 1 aromatic heterocycles. The molecule has 0 amide bonds. The van der Waals surface area contributed by atoms with Crippen LogP contribution in [0.2, 0.25) is 15.2 Å². The lowest BCUT2D eigenvalue weighted by Gasteiger charge is -2.23. The van der Waals surface area contributed by atoms with Crippen LogP contribution in [0.25, 0.3) is 0 Å². The molecule has 1 aliphatic heterocycles. The number of halogens is 5. The van der Waals surface area contributed by atoms with Crippen LogP contribution in [0.1, 0.15) is 22.9 Å². The Hall–Kier alpha value is -1.21. The van der Waals surface area contributed by atoms with E-state index in [-0.39, 0.29) is 6.04 Å². The molecule has 0 aliphatic carbocycles. The van der Waals surface area contributed by atoms with Gasteiger partial charge in [-0.05, 0) is 23.8 Å². The van der Waals surface area contributed by atoms with Gasteiger partial charge in [-0.1, -0.05) is 76.5 Å². The maximum Gasteiger partial charge on any atom is 0.187 e. The molecule has 1 aliphatic rings. The Labute approximate surface area is 216 Å². The topological polar surface area (TPSA) is 31.7 Å². The molecule has 4 rings (SSSR count). The van der Waals surface area contributed by atoms with Gasteiger partial charge in [-0.2, -0.15) is 5.10 Å². The van der Waals surface area contributed by atoms with E-state index in [4.69, 9.17) is 63.1 Å². The van der Waals surface area contributed by atoms with Crippen LogP contribution in [0.4, 0.5) is 10.8 Å². The third-order valence-electron chi connectivity index (χ3n) is 5.01. The predicted octanol–water partition coefficient (Wildman–Crippen LogP) is 7.74. The van der Waals surface area contributed by atoms with Gasteiger partial charge in [0.05, 0.1) is 22.3 Å². The van der Waals surface area contributed by atoms with Gasteiger partial charge in [0.25, 0.3) is 0 Å². The molecule has 32 heavy (non-hydrogen) atoms. The number of anilines is 2. The highest BCUT2D eigenvalue weighted by Gasteiger charge is 2.34. The Bertz CT molecular complexity index is 1080.